The van der Waals surface area contributed by atoms with Crippen molar-refractivity contribution in [2.75, 3.05) is 13.2 Å². The van der Waals surface area contributed by atoms with E-state index in [1.807, 2.05) is 19.1 Å². The molecule has 0 aliphatic rings. The highest BCUT2D eigenvalue weighted by molar-refractivity contribution is 6.20. The summed E-state index contributed by atoms with van der Waals surface area (Å²) in [7, 11) is 0. The number of halogens is 1. The summed E-state index contributed by atoms with van der Waals surface area (Å²) < 4.78 is 11.4. The van der Waals surface area contributed by atoms with Gasteiger partial charge in [-0.15, -0.1) is 11.6 Å². The van der Waals surface area contributed by atoms with Crippen molar-refractivity contribution in [3.8, 4) is 11.5 Å². The first-order valence-electron chi connectivity index (χ1n) is 8.16. The molecule has 0 aromatic heterocycles. The fourth-order valence-electron chi connectivity index (χ4n) is 2.41. The molecule has 2 aromatic carbocycles. The molecular weight excluding hydrogens is 296 g/mol. The molecule has 2 nitrogen and oxygen atoms in total. The summed E-state index contributed by atoms with van der Waals surface area (Å²) in [5.41, 5.74) is 0. The minimum Gasteiger partial charge on any atom is -0.494 e. The lowest BCUT2D eigenvalue weighted by Gasteiger charge is -2.09. The molecule has 0 spiro atoms. The summed E-state index contributed by atoms with van der Waals surface area (Å²) in [6.07, 6.45) is 4.27. The highest BCUT2D eigenvalue weighted by Gasteiger charge is 2.02. The van der Waals surface area contributed by atoms with Crippen molar-refractivity contribution in [3.63, 3.8) is 0 Å². The molecule has 0 heterocycles. The van der Waals surface area contributed by atoms with E-state index in [4.69, 9.17) is 21.1 Å². The first-order chi connectivity index (χ1) is 10.7. The predicted octanol–water partition coefficient (Wildman–Crippen LogP) is 5.81. The van der Waals surface area contributed by atoms with Gasteiger partial charge in [0.25, 0.3) is 0 Å². The lowest BCUT2D eigenvalue weighted by atomic mass is 10.1. The molecule has 0 saturated carbocycles. The van der Waals surface area contributed by atoms with E-state index in [0.717, 1.165) is 43.8 Å². The molecule has 0 aliphatic carbocycles. The third-order valence-corrected chi connectivity index (χ3v) is 4.24. The zero-order chi connectivity index (χ0) is 15.8. The van der Waals surface area contributed by atoms with E-state index in [1.54, 1.807) is 0 Å². The van der Waals surface area contributed by atoms with E-state index in [0.29, 0.717) is 12.0 Å². The maximum atomic E-state index is 6.11. The average molecular weight is 321 g/mol. The number of alkyl halides is 1. The van der Waals surface area contributed by atoms with Crippen LogP contribution in [0.15, 0.2) is 36.4 Å². The SMILES string of the molecule is CCOc1ccc2cc(OCCCCC(Cl)CC)ccc2c1. The number of hydrogen-bond donors (Lipinski definition) is 0. The van der Waals surface area contributed by atoms with Crippen LogP contribution < -0.4 is 9.47 Å². The van der Waals surface area contributed by atoms with E-state index in [-0.39, 0.29) is 0 Å². The van der Waals surface area contributed by atoms with Crippen molar-refractivity contribution >= 4 is 22.4 Å². The average Bonchev–Trinajstić information content (AvgIpc) is 2.54. The van der Waals surface area contributed by atoms with Gasteiger partial charge in [0.1, 0.15) is 11.5 Å². The molecule has 2 rings (SSSR count). The lowest BCUT2D eigenvalue weighted by molar-refractivity contribution is 0.305. The zero-order valence-electron chi connectivity index (χ0n) is 13.5. The second-order valence-corrected chi connectivity index (χ2v) is 6.07. The minimum atomic E-state index is 0.306. The number of benzene rings is 2. The van der Waals surface area contributed by atoms with Crippen LogP contribution in [-0.2, 0) is 0 Å². The number of fused-ring (bicyclic) bond motifs is 1. The van der Waals surface area contributed by atoms with Crippen molar-refractivity contribution in [2.24, 2.45) is 0 Å². The topological polar surface area (TPSA) is 18.5 Å². The van der Waals surface area contributed by atoms with Gasteiger partial charge in [0.15, 0.2) is 0 Å². The van der Waals surface area contributed by atoms with Crippen LogP contribution in [-0.4, -0.2) is 18.6 Å². The zero-order valence-corrected chi connectivity index (χ0v) is 14.2. The fourth-order valence-corrected chi connectivity index (χ4v) is 2.56. The highest BCUT2D eigenvalue weighted by atomic mass is 35.5. The van der Waals surface area contributed by atoms with Gasteiger partial charge in [-0.2, -0.15) is 0 Å². The molecule has 3 heteroatoms. The van der Waals surface area contributed by atoms with Crippen LogP contribution in [0.4, 0.5) is 0 Å². The monoisotopic (exact) mass is 320 g/mol. The van der Waals surface area contributed by atoms with Gasteiger partial charge in [-0.3, -0.25) is 0 Å². The van der Waals surface area contributed by atoms with E-state index in [9.17, 15) is 0 Å². The van der Waals surface area contributed by atoms with Crippen LogP contribution in [0, 0.1) is 0 Å². The van der Waals surface area contributed by atoms with E-state index in [2.05, 4.69) is 31.2 Å². The second kappa shape index (κ2) is 8.89. The molecule has 1 unspecified atom stereocenters. The number of ether oxygens (including phenoxy) is 2. The molecular formula is C19H25ClO2. The molecule has 0 N–H and O–H groups in total. The Balaban J connectivity index is 1.86. The van der Waals surface area contributed by atoms with Crippen molar-refractivity contribution < 1.29 is 9.47 Å². The maximum Gasteiger partial charge on any atom is 0.119 e. The standard InChI is InChI=1S/C19H25ClO2/c1-3-17(20)7-5-6-12-22-19-11-9-15-13-18(21-4-2)10-8-16(15)14-19/h8-11,13-14,17H,3-7,12H2,1-2H3. The Hall–Kier alpha value is -1.41. The number of unbranched alkanes of at least 4 members (excludes halogenated alkanes) is 1. The molecule has 1 atom stereocenters. The Morgan fingerprint density at radius 2 is 1.55 bits per heavy atom. The summed E-state index contributed by atoms with van der Waals surface area (Å²) in [4.78, 5) is 0. The van der Waals surface area contributed by atoms with Crippen LogP contribution in [0.3, 0.4) is 0 Å². The van der Waals surface area contributed by atoms with Gasteiger partial charge in [0.2, 0.25) is 0 Å². The van der Waals surface area contributed by atoms with Crippen LogP contribution in [0.2, 0.25) is 0 Å². The summed E-state index contributed by atoms with van der Waals surface area (Å²) in [5.74, 6) is 1.84. The third-order valence-electron chi connectivity index (χ3n) is 3.72. The van der Waals surface area contributed by atoms with Gasteiger partial charge < -0.3 is 9.47 Å². The first kappa shape index (κ1) is 17.0. The van der Waals surface area contributed by atoms with Gasteiger partial charge in [-0.1, -0.05) is 19.1 Å². The van der Waals surface area contributed by atoms with E-state index >= 15 is 0 Å². The molecule has 22 heavy (non-hydrogen) atoms. The largest absolute Gasteiger partial charge is 0.494 e. The summed E-state index contributed by atoms with van der Waals surface area (Å²) in [6.45, 7) is 5.55. The maximum absolute atomic E-state index is 6.11. The van der Waals surface area contributed by atoms with Crippen LogP contribution in [0.1, 0.15) is 39.5 Å². The van der Waals surface area contributed by atoms with E-state index < -0.39 is 0 Å². The number of hydrogen-bond acceptors (Lipinski definition) is 2. The lowest BCUT2D eigenvalue weighted by Crippen LogP contribution is -2.00. The number of rotatable bonds is 9. The fraction of sp³-hybridized carbons (Fsp3) is 0.474. The van der Waals surface area contributed by atoms with Crippen LogP contribution in [0.25, 0.3) is 10.8 Å². The molecule has 0 radical (unpaired) electrons. The molecule has 2 aromatic rings. The minimum absolute atomic E-state index is 0.306. The quantitative estimate of drug-likeness (QED) is 0.429. The molecule has 0 amide bonds. The first-order valence-corrected chi connectivity index (χ1v) is 8.60. The van der Waals surface area contributed by atoms with Crippen molar-refractivity contribution in [1.82, 2.24) is 0 Å². The Morgan fingerprint density at radius 1 is 0.909 bits per heavy atom. The Bertz CT molecular complexity index is 583. The van der Waals surface area contributed by atoms with Gasteiger partial charge in [0, 0.05) is 5.38 Å². The normalized spacial score (nSPS) is 12.3. The molecule has 0 bridgehead atoms. The Morgan fingerprint density at radius 3 is 2.14 bits per heavy atom. The second-order valence-electron chi connectivity index (χ2n) is 5.45. The van der Waals surface area contributed by atoms with E-state index in [1.165, 1.54) is 10.8 Å². The Kier molecular flexibility index (Phi) is 6.85. The molecule has 0 aliphatic heterocycles. The van der Waals surface area contributed by atoms with Gasteiger partial charge >= 0.3 is 0 Å². The van der Waals surface area contributed by atoms with Crippen LogP contribution >= 0.6 is 11.6 Å². The summed E-state index contributed by atoms with van der Waals surface area (Å²) in [6, 6.07) is 12.3. The Labute approximate surface area is 138 Å². The van der Waals surface area contributed by atoms with Crippen LogP contribution in [0.5, 0.6) is 11.5 Å². The molecule has 120 valence electrons. The smallest absolute Gasteiger partial charge is 0.119 e. The van der Waals surface area contributed by atoms with Crippen molar-refractivity contribution in [2.45, 2.75) is 44.9 Å². The van der Waals surface area contributed by atoms with Gasteiger partial charge in [-0.25, -0.2) is 0 Å². The highest BCUT2D eigenvalue weighted by Crippen LogP contribution is 2.25. The predicted molar refractivity (Wildman–Crippen MR) is 94.4 cm³/mol. The van der Waals surface area contributed by atoms with Crippen molar-refractivity contribution in [1.29, 1.82) is 0 Å². The van der Waals surface area contributed by atoms with Gasteiger partial charge in [0.05, 0.1) is 13.2 Å². The summed E-state index contributed by atoms with van der Waals surface area (Å²) >= 11 is 6.11. The molecule has 0 saturated heterocycles. The molecule has 0 fully saturated rings. The van der Waals surface area contributed by atoms with Crippen molar-refractivity contribution in [3.05, 3.63) is 36.4 Å². The third kappa shape index (κ3) is 5.10. The van der Waals surface area contributed by atoms with Gasteiger partial charge in [-0.05, 0) is 67.6 Å². The summed E-state index contributed by atoms with van der Waals surface area (Å²) in [5, 5.41) is 2.65.